The maximum atomic E-state index is 12.8. The lowest BCUT2D eigenvalue weighted by atomic mass is 9.69. The molecule has 1 N–H and O–H groups in total. The zero-order valence-corrected chi connectivity index (χ0v) is 14.4. The molecular weight excluding hydrogens is 314 g/mol. The third kappa shape index (κ3) is 3.43. The van der Waals surface area contributed by atoms with Crippen molar-refractivity contribution in [3.05, 3.63) is 71.8 Å². The number of ether oxygens (including phenoxy) is 1. The number of esters is 1. The molecule has 25 heavy (non-hydrogen) atoms. The van der Waals surface area contributed by atoms with E-state index in [4.69, 9.17) is 4.74 Å². The fourth-order valence-corrected chi connectivity index (χ4v) is 3.80. The molecule has 130 valence electrons. The van der Waals surface area contributed by atoms with E-state index in [2.05, 4.69) is 5.32 Å². The van der Waals surface area contributed by atoms with Crippen LogP contribution in [0.25, 0.3) is 0 Å². The molecule has 0 aromatic heterocycles. The lowest BCUT2D eigenvalue weighted by Gasteiger charge is -2.42. The molecule has 1 aliphatic carbocycles. The number of carbonyl (C=O) groups is 2. The predicted octanol–water partition coefficient (Wildman–Crippen LogP) is 3.69. The van der Waals surface area contributed by atoms with Crippen LogP contribution < -0.4 is 5.32 Å². The highest BCUT2D eigenvalue weighted by molar-refractivity contribution is 5.98. The van der Waals surface area contributed by atoms with E-state index in [1.165, 1.54) is 7.11 Å². The van der Waals surface area contributed by atoms with Crippen LogP contribution in [0.1, 0.15) is 47.5 Å². The Labute approximate surface area is 148 Å². The Hall–Kier alpha value is -2.62. The number of nitrogens with one attached hydrogen (secondary N) is 1. The first-order chi connectivity index (χ1) is 12.2. The molecule has 1 amide bonds. The van der Waals surface area contributed by atoms with Gasteiger partial charge in [0.1, 0.15) is 5.54 Å². The van der Waals surface area contributed by atoms with Crippen molar-refractivity contribution >= 4 is 11.9 Å². The van der Waals surface area contributed by atoms with Crippen molar-refractivity contribution in [2.24, 2.45) is 0 Å². The second-order valence-corrected chi connectivity index (χ2v) is 6.49. The number of carbonyl (C=O) groups excluding carboxylic acids is 2. The van der Waals surface area contributed by atoms with Gasteiger partial charge in [0.05, 0.1) is 7.11 Å². The maximum Gasteiger partial charge on any atom is 0.332 e. The molecule has 0 bridgehead atoms. The minimum absolute atomic E-state index is 0.0948. The molecule has 0 radical (unpaired) electrons. The topological polar surface area (TPSA) is 55.4 Å². The van der Waals surface area contributed by atoms with Crippen LogP contribution in [0.4, 0.5) is 0 Å². The van der Waals surface area contributed by atoms with Gasteiger partial charge in [-0.3, -0.25) is 4.79 Å². The summed E-state index contributed by atoms with van der Waals surface area (Å²) in [6, 6.07) is 18.9. The van der Waals surface area contributed by atoms with Crippen molar-refractivity contribution in [1.82, 2.24) is 5.32 Å². The molecule has 2 unspecified atom stereocenters. The van der Waals surface area contributed by atoms with E-state index in [1.54, 1.807) is 12.1 Å². The zero-order valence-electron chi connectivity index (χ0n) is 14.4. The van der Waals surface area contributed by atoms with Gasteiger partial charge in [0.15, 0.2) is 0 Å². The van der Waals surface area contributed by atoms with Crippen molar-refractivity contribution < 1.29 is 14.3 Å². The van der Waals surface area contributed by atoms with Gasteiger partial charge in [0.25, 0.3) is 5.91 Å². The van der Waals surface area contributed by atoms with Gasteiger partial charge in [-0.05, 0) is 30.5 Å². The predicted molar refractivity (Wildman–Crippen MR) is 96.3 cm³/mol. The van der Waals surface area contributed by atoms with Crippen LogP contribution in [0.15, 0.2) is 60.7 Å². The van der Waals surface area contributed by atoms with Crippen molar-refractivity contribution in [2.75, 3.05) is 7.11 Å². The van der Waals surface area contributed by atoms with Crippen LogP contribution >= 0.6 is 0 Å². The number of methoxy groups -OCH3 is 1. The molecule has 2 aromatic carbocycles. The van der Waals surface area contributed by atoms with Crippen molar-refractivity contribution in [3.8, 4) is 0 Å². The van der Waals surface area contributed by atoms with Gasteiger partial charge in [-0.2, -0.15) is 0 Å². The second-order valence-electron chi connectivity index (χ2n) is 6.49. The first kappa shape index (κ1) is 17.2. The van der Waals surface area contributed by atoms with Gasteiger partial charge in [-0.25, -0.2) is 4.79 Å². The molecule has 2 aromatic rings. The summed E-state index contributed by atoms with van der Waals surface area (Å²) in [4.78, 5) is 25.6. The molecule has 1 fully saturated rings. The first-order valence-electron chi connectivity index (χ1n) is 8.68. The molecule has 3 rings (SSSR count). The van der Waals surface area contributed by atoms with Gasteiger partial charge in [-0.15, -0.1) is 0 Å². The van der Waals surface area contributed by atoms with E-state index in [9.17, 15) is 9.59 Å². The van der Waals surface area contributed by atoms with Crippen LogP contribution in [0.3, 0.4) is 0 Å². The van der Waals surface area contributed by atoms with E-state index >= 15 is 0 Å². The summed E-state index contributed by atoms with van der Waals surface area (Å²) in [5.41, 5.74) is 0.575. The summed E-state index contributed by atoms with van der Waals surface area (Å²) in [5.74, 6) is -0.707. The van der Waals surface area contributed by atoms with E-state index in [-0.39, 0.29) is 17.8 Å². The number of amides is 1. The van der Waals surface area contributed by atoms with Crippen LogP contribution in [-0.4, -0.2) is 24.5 Å². The standard InChI is InChI=1S/C21H23NO3/c1-25-20(24)21(22-19(23)17-12-6-3-7-13-17)15-9-8-14-18(21)16-10-4-2-5-11-16/h2-7,10-13,18H,8-9,14-15H2,1H3,(H,22,23). The fourth-order valence-electron chi connectivity index (χ4n) is 3.80. The molecule has 2 atom stereocenters. The van der Waals surface area contributed by atoms with Gasteiger partial charge in [-0.1, -0.05) is 61.4 Å². The lowest BCUT2D eigenvalue weighted by Crippen LogP contribution is -2.60. The maximum absolute atomic E-state index is 12.8. The SMILES string of the molecule is COC(=O)C1(NC(=O)c2ccccc2)CCCCC1c1ccccc1. The van der Waals surface area contributed by atoms with Crippen molar-refractivity contribution in [2.45, 2.75) is 37.1 Å². The quantitative estimate of drug-likeness (QED) is 0.866. The summed E-state index contributed by atoms with van der Waals surface area (Å²) in [6.45, 7) is 0. The Bertz CT molecular complexity index is 729. The van der Waals surface area contributed by atoms with Gasteiger partial charge in [0.2, 0.25) is 0 Å². The third-order valence-electron chi connectivity index (χ3n) is 5.03. The van der Waals surface area contributed by atoms with Crippen LogP contribution in [0.2, 0.25) is 0 Å². The van der Waals surface area contributed by atoms with E-state index in [0.29, 0.717) is 12.0 Å². The highest BCUT2D eigenvalue weighted by Gasteiger charge is 2.49. The van der Waals surface area contributed by atoms with Gasteiger partial charge >= 0.3 is 5.97 Å². The third-order valence-corrected chi connectivity index (χ3v) is 5.03. The molecule has 0 saturated heterocycles. The highest BCUT2D eigenvalue weighted by atomic mass is 16.5. The molecule has 1 aliphatic rings. The van der Waals surface area contributed by atoms with Crippen molar-refractivity contribution in [1.29, 1.82) is 0 Å². The monoisotopic (exact) mass is 337 g/mol. The molecule has 4 heteroatoms. The number of hydrogen-bond donors (Lipinski definition) is 1. The summed E-state index contributed by atoms with van der Waals surface area (Å²) < 4.78 is 5.13. The van der Waals surface area contributed by atoms with E-state index in [0.717, 1.165) is 24.8 Å². The molecule has 0 heterocycles. The minimum Gasteiger partial charge on any atom is -0.467 e. The van der Waals surface area contributed by atoms with Crippen LogP contribution in [-0.2, 0) is 9.53 Å². The van der Waals surface area contributed by atoms with E-state index < -0.39 is 5.54 Å². The molecule has 1 saturated carbocycles. The number of hydrogen-bond acceptors (Lipinski definition) is 3. The molecule has 0 spiro atoms. The summed E-state index contributed by atoms with van der Waals surface area (Å²) in [7, 11) is 1.38. The Morgan fingerprint density at radius 3 is 2.28 bits per heavy atom. The minimum atomic E-state index is -1.03. The molecule has 0 aliphatic heterocycles. The smallest absolute Gasteiger partial charge is 0.332 e. The summed E-state index contributed by atoms with van der Waals surface area (Å²) in [6.07, 6.45) is 3.33. The fraction of sp³-hybridized carbons (Fsp3) is 0.333. The average Bonchev–Trinajstić information content (AvgIpc) is 2.69. The Morgan fingerprint density at radius 2 is 1.64 bits per heavy atom. The summed E-state index contributed by atoms with van der Waals surface area (Å²) in [5, 5.41) is 3.03. The van der Waals surface area contributed by atoms with Crippen LogP contribution in [0.5, 0.6) is 0 Å². The molecule has 4 nitrogen and oxygen atoms in total. The number of benzene rings is 2. The van der Waals surface area contributed by atoms with E-state index in [1.807, 2.05) is 48.5 Å². The Kier molecular flexibility index (Phi) is 5.17. The first-order valence-corrected chi connectivity index (χ1v) is 8.68. The van der Waals surface area contributed by atoms with Gasteiger partial charge in [0, 0.05) is 11.5 Å². The number of rotatable bonds is 4. The van der Waals surface area contributed by atoms with Crippen LogP contribution in [0, 0.1) is 0 Å². The Balaban J connectivity index is 1.99. The zero-order chi connectivity index (χ0) is 17.7. The highest BCUT2D eigenvalue weighted by Crippen LogP contribution is 2.42. The Morgan fingerprint density at radius 1 is 1.00 bits per heavy atom. The normalized spacial score (nSPS) is 22.8. The lowest BCUT2D eigenvalue weighted by molar-refractivity contribution is -0.150. The molecular formula is C21H23NO3. The van der Waals surface area contributed by atoms with Crippen molar-refractivity contribution in [3.63, 3.8) is 0 Å². The second kappa shape index (κ2) is 7.51. The van der Waals surface area contributed by atoms with Gasteiger partial charge < -0.3 is 10.1 Å². The largest absolute Gasteiger partial charge is 0.467 e. The average molecular weight is 337 g/mol. The summed E-state index contributed by atoms with van der Waals surface area (Å²) >= 11 is 0.